The van der Waals surface area contributed by atoms with Gasteiger partial charge in [-0.1, -0.05) is 48.5 Å². The van der Waals surface area contributed by atoms with Crippen LogP contribution in [-0.4, -0.2) is 17.9 Å². The molecule has 0 fully saturated rings. The molecule has 1 atom stereocenters. The van der Waals surface area contributed by atoms with E-state index in [0.29, 0.717) is 5.69 Å². The quantitative estimate of drug-likeness (QED) is 0.584. The van der Waals surface area contributed by atoms with Crippen molar-refractivity contribution in [3.8, 4) is 11.1 Å². The number of nitrogens with one attached hydrogen (secondary N) is 3. The molecule has 3 rings (SSSR count). The second-order valence-electron chi connectivity index (χ2n) is 6.53. The van der Waals surface area contributed by atoms with Crippen molar-refractivity contribution in [3.05, 3.63) is 78.9 Å². The first-order chi connectivity index (χ1) is 13.5. The molecule has 0 heterocycles. The molecule has 0 aliphatic rings. The van der Waals surface area contributed by atoms with Crippen LogP contribution in [0.1, 0.15) is 13.8 Å². The minimum Gasteiger partial charge on any atom is -0.374 e. The van der Waals surface area contributed by atoms with E-state index in [1.54, 1.807) is 12.1 Å². The molecule has 0 aromatic heterocycles. The highest BCUT2D eigenvalue weighted by Crippen LogP contribution is 2.27. The van der Waals surface area contributed by atoms with Crippen LogP contribution < -0.4 is 16.0 Å². The number of amides is 2. The van der Waals surface area contributed by atoms with Gasteiger partial charge in [0.2, 0.25) is 11.8 Å². The van der Waals surface area contributed by atoms with Crippen LogP contribution in [0.15, 0.2) is 78.9 Å². The smallest absolute Gasteiger partial charge is 0.246 e. The summed E-state index contributed by atoms with van der Waals surface area (Å²) in [6, 6.07) is 24.5. The van der Waals surface area contributed by atoms with Gasteiger partial charge in [0.1, 0.15) is 6.04 Å². The van der Waals surface area contributed by atoms with Crippen molar-refractivity contribution in [1.82, 2.24) is 0 Å². The molecule has 28 heavy (non-hydrogen) atoms. The van der Waals surface area contributed by atoms with E-state index in [9.17, 15) is 9.59 Å². The molecular weight excluding hydrogens is 350 g/mol. The van der Waals surface area contributed by atoms with Crippen LogP contribution in [0.2, 0.25) is 0 Å². The molecule has 0 saturated heterocycles. The summed E-state index contributed by atoms with van der Waals surface area (Å²) in [7, 11) is 0. The van der Waals surface area contributed by atoms with Gasteiger partial charge in [-0.2, -0.15) is 0 Å². The summed E-state index contributed by atoms with van der Waals surface area (Å²) in [5, 5.41) is 8.90. The number of hydrogen-bond acceptors (Lipinski definition) is 3. The number of benzene rings is 3. The lowest BCUT2D eigenvalue weighted by atomic mass is 10.0. The van der Waals surface area contributed by atoms with Gasteiger partial charge in [0.25, 0.3) is 0 Å². The summed E-state index contributed by atoms with van der Waals surface area (Å²) in [5.74, 6) is -0.250. The molecule has 5 heteroatoms. The monoisotopic (exact) mass is 373 g/mol. The summed E-state index contributed by atoms with van der Waals surface area (Å²) in [6.07, 6.45) is 0. The number of para-hydroxylation sites is 1. The Morgan fingerprint density at radius 2 is 1.36 bits per heavy atom. The highest BCUT2D eigenvalue weighted by molar-refractivity contribution is 5.99. The van der Waals surface area contributed by atoms with Gasteiger partial charge in [0, 0.05) is 29.5 Å². The first-order valence-corrected chi connectivity index (χ1v) is 9.12. The summed E-state index contributed by atoms with van der Waals surface area (Å²) in [6.45, 7) is 3.27. The molecule has 3 aromatic rings. The fourth-order valence-electron chi connectivity index (χ4n) is 2.87. The highest BCUT2D eigenvalue weighted by atomic mass is 16.2. The van der Waals surface area contributed by atoms with Gasteiger partial charge in [-0.05, 0) is 42.8 Å². The van der Waals surface area contributed by atoms with Crippen molar-refractivity contribution >= 4 is 28.9 Å². The van der Waals surface area contributed by atoms with Crippen molar-refractivity contribution < 1.29 is 9.59 Å². The van der Waals surface area contributed by atoms with E-state index in [1.165, 1.54) is 6.92 Å². The third-order valence-electron chi connectivity index (χ3n) is 4.25. The minimum absolute atomic E-state index is 0.120. The number of carbonyl (C=O) groups excluding carboxylic acids is 2. The molecule has 142 valence electrons. The van der Waals surface area contributed by atoms with Crippen LogP contribution in [0.5, 0.6) is 0 Å². The molecule has 5 nitrogen and oxygen atoms in total. The lowest BCUT2D eigenvalue weighted by Gasteiger charge is -2.17. The molecule has 0 radical (unpaired) electrons. The van der Waals surface area contributed by atoms with Gasteiger partial charge < -0.3 is 16.0 Å². The SMILES string of the molecule is CC(=O)Nc1ccc(N[C@@H](C)C(=O)Nc2ccccc2-c2ccccc2)cc1. The zero-order valence-electron chi connectivity index (χ0n) is 15.9. The maximum Gasteiger partial charge on any atom is 0.246 e. The van der Waals surface area contributed by atoms with E-state index in [4.69, 9.17) is 0 Å². The molecule has 0 spiro atoms. The van der Waals surface area contributed by atoms with E-state index in [0.717, 1.165) is 22.5 Å². The average molecular weight is 373 g/mol. The number of hydrogen-bond donors (Lipinski definition) is 3. The van der Waals surface area contributed by atoms with Crippen molar-refractivity contribution in [3.63, 3.8) is 0 Å². The van der Waals surface area contributed by atoms with E-state index < -0.39 is 6.04 Å². The Morgan fingerprint density at radius 1 is 0.750 bits per heavy atom. The van der Waals surface area contributed by atoms with Crippen molar-refractivity contribution in [1.29, 1.82) is 0 Å². The summed E-state index contributed by atoms with van der Waals surface area (Å²) in [5.41, 5.74) is 4.31. The zero-order chi connectivity index (χ0) is 19.9. The Bertz CT molecular complexity index is 953. The third kappa shape index (κ3) is 4.98. The molecule has 2 amide bonds. The Kier molecular flexibility index (Phi) is 6.07. The molecule has 0 bridgehead atoms. The predicted octanol–water partition coefficient (Wildman–Crippen LogP) is 4.75. The number of rotatable bonds is 6. The maximum absolute atomic E-state index is 12.7. The minimum atomic E-state index is -0.435. The standard InChI is InChI=1S/C23H23N3O2/c1-16(24-19-12-14-20(15-13-19)25-17(2)27)23(28)26-22-11-7-6-10-21(22)18-8-4-3-5-9-18/h3-16,24H,1-2H3,(H,25,27)(H,26,28)/t16-/m0/s1. The second-order valence-corrected chi connectivity index (χ2v) is 6.53. The molecular formula is C23H23N3O2. The summed E-state index contributed by atoms with van der Waals surface area (Å²) >= 11 is 0. The number of carbonyl (C=O) groups is 2. The molecule has 3 N–H and O–H groups in total. The fourth-order valence-corrected chi connectivity index (χ4v) is 2.87. The van der Waals surface area contributed by atoms with Crippen LogP contribution >= 0.6 is 0 Å². The second kappa shape index (κ2) is 8.86. The van der Waals surface area contributed by atoms with E-state index >= 15 is 0 Å². The molecule has 0 aliphatic heterocycles. The lowest BCUT2D eigenvalue weighted by Crippen LogP contribution is -2.32. The van der Waals surface area contributed by atoms with Crippen LogP contribution in [0.3, 0.4) is 0 Å². The molecule has 0 unspecified atom stereocenters. The first kappa shape index (κ1) is 19.2. The first-order valence-electron chi connectivity index (χ1n) is 9.12. The van der Waals surface area contributed by atoms with Gasteiger partial charge in [0.15, 0.2) is 0 Å². The highest BCUT2D eigenvalue weighted by Gasteiger charge is 2.15. The van der Waals surface area contributed by atoms with Gasteiger partial charge in [-0.15, -0.1) is 0 Å². The Hall–Kier alpha value is -3.60. The average Bonchev–Trinajstić information content (AvgIpc) is 2.70. The molecule has 3 aromatic carbocycles. The van der Waals surface area contributed by atoms with Gasteiger partial charge in [-0.3, -0.25) is 9.59 Å². The normalized spacial score (nSPS) is 11.4. The fraction of sp³-hybridized carbons (Fsp3) is 0.130. The lowest BCUT2D eigenvalue weighted by molar-refractivity contribution is -0.116. The van der Waals surface area contributed by atoms with Crippen molar-refractivity contribution in [2.75, 3.05) is 16.0 Å². The van der Waals surface area contributed by atoms with Gasteiger partial charge in [-0.25, -0.2) is 0 Å². The summed E-state index contributed by atoms with van der Waals surface area (Å²) < 4.78 is 0. The van der Waals surface area contributed by atoms with Gasteiger partial charge in [0.05, 0.1) is 0 Å². The van der Waals surface area contributed by atoms with Crippen LogP contribution in [-0.2, 0) is 9.59 Å². The predicted molar refractivity (Wildman–Crippen MR) is 114 cm³/mol. The number of anilines is 3. The Morgan fingerprint density at radius 3 is 2.04 bits per heavy atom. The summed E-state index contributed by atoms with van der Waals surface area (Å²) in [4.78, 5) is 23.8. The van der Waals surface area contributed by atoms with E-state index in [1.807, 2.05) is 73.7 Å². The van der Waals surface area contributed by atoms with E-state index in [-0.39, 0.29) is 11.8 Å². The van der Waals surface area contributed by atoms with Crippen LogP contribution in [0.4, 0.5) is 17.1 Å². The topological polar surface area (TPSA) is 70.2 Å². The van der Waals surface area contributed by atoms with Crippen LogP contribution in [0, 0.1) is 0 Å². The van der Waals surface area contributed by atoms with Crippen molar-refractivity contribution in [2.45, 2.75) is 19.9 Å². The third-order valence-corrected chi connectivity index (χ3v) is 4.25. The van der Waals surface area contributed by atoms with E-state index in [2.05, 4.69) is 16.0 Å². The van der Waals surface area contributed by atoms with Gasteiger partial charge >= 0.3 is 0 Å². The zero-order valence-corrected chi connectivity index (χ0v) is 15.9. The Labute approximate surface area is 164 Å². The van der Waals surface area contributed by atoms with Crippen molar-refractivity contribution in [2.24, 2.45) is 0 Å². The van der Waals surface area contributed by atoms with Crippen LogP contribution in [0.25, 0.3) is 11.1 Å². The molecule has 0 saturated carbocycles. The maximum atomic E-state index is 12.7. The molecule has 0 aliphatic carbocycles. The Balaban J connectivity index is 1.67. The largest absolute Gasteiger partial charge is 0.374 e.